The van der Waals surface area contributed by atoms with Crippen LogP contribution in [0.4, 0.5) is 17.6 Å². The van der Waals surface area contributed by atoms with Crippen LogP contribution in [0.15, 0.2) is 29.2 Å². The summed E-state index contributed by atoms with van der Waals surface area (Å²) in [5, 5.41) is 16.7. The fourth-order valence-electron chi connectivity index (χ4n) is 3.64. The van der Waals surface area contributed by atoms with Gasteiger partial charge in [0.25, 0.3) is 0 Å². The number of piperidine rings is 1. The van der Waals surface area contributed by atoms with Crippen molar-refractivity contribution in [1.82, 2.24) is 9.21 Å². The Kier molecular flexibility index (Phi) is 8.00. The summed E-state index contributed by atoms with van der Waals surface area (Å²) in [6, 6.07) is 3.68. The van der Waals surface area contributed by atoms with E-state index in [9.17, 15) is 35.9 Å². The highest BCUT2D eigenvalue weighted by atomic mass is 32.2. The van der Waals surface area contributed by atoms with Gasteiger partial charge in [0.15, 0.2) is 0 Å². The van der Waals surface area contributed by atoms with Crippen molar-refractivity contribution in [2.75, 3.05) is 19.6 Å². The van der Waals surface area contributed by atoms with Crippen LogP contribution in [0, 0.1) is 5.82 Å². The first-order valence-corrected chi connectivity index (χ1v) is 10.8. The molecule has 2 N–H and O–H groups in total. The first-order chi connectivity index (χ1) is 14.3. The van der Waals surface area contributed by atoms with Crippen LogP contribution < -0.4 is 0 Å². The van der Waals surface area contributed by atoms with Gasteiger partial charge in [-0.05, 0) is 57.0 Å². The van der Waals surface area contributed by atoms with Gasteiger partial charge in [-0.2, -0.15) is 17.5 Å². The first kappa shape index (κ1) is 25.0. The average molecular weight is 470 g/mol. The largest absolute Gasteiger partial charge is 0.490 e. The molecular weight excluding hydrogens is 448 g/mol. The van der Waals surface area contributed by atoms with E-state index in [2.05, 4.69) is 4.90 Å². The Hall–Kier alpha value is -2.25. The second kappa shape index (κ2) is 9.92. The molecular formula is C18H22F4N2O6S. The van der Waals surface area contributed by atoms with Gasteiger partial charge in [-0.15, -0.1) is 0 Å². The molecule has 2 fully saturated rings. The topological polar surface area (TPSA) is 115 Å². The number of likely N-dealkylation sites (tertiary alicyclic amines) is 1. The number of carboxylic acid groups (broad SMARTS) is 2. The van der Waals surface area contributed by atoms with E-state index in [1.54, 1.807) is 0 Å². The Labute approximate surface area is 176 Å². The zero-order valence-electron chi connectivity index (χ0n) is 16.3. The Morgan fingerprint density at radius 2 is 1.65 bits per heavy atom. The van der Waals surface area contributed by atoms with Crippen LogP contribution in [-0.2, 0) is 19.6 Å². The predicted octanol–water partition coefficient (Wildman–Crippen LogP) is 2.16. The highest BCUT2D eigenvalue weighted by Crippen LogP contribution is 2.30. The summed E-state index contributed by atoms with van der Waals surface area (Å²) in [5.41, 5.74) is 0. The normalized spacial score (nSPS) is 23.1. The number of hydrogen-bond acceptors (Lipinski definition) is 5. The van der Waals surface area contributed by atoms with Crippen molar-refractivity contribution < 1.29 is 45.8 Å². The number of carbonyl (C=O) groups is 2. The Balaban J connectivity index is 0.000000423. The van der Waals surface area contributed by atoms with Crippen LogP contribution >= 0.6 is 0 Å². The number of rotatable bonds is 4. The maximum atomic E-state index is 13.4. The molecule has 174 valence electrons. The molecule has 8 nitrogen and oxygen atoms in total. The van der Waals surface area contributed by atoms with Gasteiger partial charge in [-0.25, -0.2) is 17.6 Å². The maximum absolute atomic E-state index is 13.4. The van der Waals surface area contributed by atoms with Crippen molar-refractivity contribution in [1.29, 1.82) is 0 Å². The number of carboxylic acids is 2. The molecule has 2 aliphatic rings. The molecule has 3 rings (SSSR count). The zero-order valence-corrected chi connectivity index (χ0v) is 17.1. The molecule has 2 heterocycles. The number of sulfonamides is 1. The van der Waals surface area contributed by atoms with Crippen molar-refractivity contribution in [3.05, 3.63) is 30.1 Å². The van der Waals surface area contributed by atoms with Gasteiger partial charge in [0.2, 0.25) is 10.0 Å². The van der Waals surface area contributed by atoms with E-state index in [0.29, 0.717) is 6.42 Å². The van der Waals surface area contributed by atoms with Crippen LogP contribution in [0.25, 0.3) is 0 Å². The van der Waals surface area contributed by atoms with E-state index in [-0.39, 0.29) is 23.9 Å². The zero-order chi connectivity index (χ0) is 23.4. The molecule has 0 spiro atoms. The smallest absolute Gasteiger partial charge is 0.480 e. The molecule has 1 aromatic rings. The second-order valence-corrected chi connectivity index (χ2v) is 9.04. The summed E-state index contributed by atoms with van der Waals surface area (Å²) in [7, 11) is -4.03. The van der Waals surface area contributed by atoms with E-state index in [1.807, 2.05) is 0 Å². The monoisotopic (exact) mass is 470 g/mol. The van der Waals surface area contributed by atoms with Gasteiger partial charge in [0.1, 0.15) is 11.9 Å². The van der Waals surface area contributed by atoms with E-state index in [0.717, 1.165) is 42.4 Å². The van der Waals surface area contributed by atoms with Gasteiger partial charge in [-0.1, -0.05) is 6.07 Å². The van der Waals surface area contributed by atoms with Gasteiger partial charge in [0, 0.05) is 12.6 Å². The minimum absolute atomic E-state index is 0.0903. The SMILES string of the molecule is O=C(O)C(F)(F)F.O=C(O)C1CC(N2CCCC2)CCN1S(=O)(=O)c1cccc(F)c1. The van der Waals surface area contributed by atoms with E-state index >= 15 is 0 Å². The highest BCUT2D eigenvalue weighted by Gasteiger charge is 2.42. The molecule has 0 bridgehead atoms. The number of halogens is 4. The molecule has 0 aliphatic carbocycles. The van der Waals surface area contributed by atoms with E-state index in [4.69, 9.17) is 9.90 Å². The van der Waals surface area contributed by atoms with Gasteiger partial charge in [-0.3, -0.25) is 4.79 Å². The fraction of sp³-hybridized carbons (Fsp3) is 0.556. The summed E-state index contributed by atoms with van der Waals surface area (Å²) in [4.78, 5) is 22.6. The van der Waals surface area contributed by atoms with Crippen LogP contribution in [0.2, 0.25) is 0 Å². The standard InChI is InChI=1S/C16H21FN2O4S.C2HF3O2/c17-12-4-3-5-14(10-12)24(22,23)19-9-6-13(11-15(19)16(20)21)18-7-1-2-8-18;3-2(4,5)1(6)7/h3-5,10,13,15H,1-2,6-9,11H2,(H,20,21);(H,6,7). The Morgan fingerprint density at radius 1 is 1.06 bits per heavy atom. The second-order valence-electron chi connectivity index (χ2n) is 7.15. The van der Waals surface area contributed by atoms with Crippen LogP contribution in [0.3, 0.4) is 0 Å². The van der Waals surface area contributed by atoms with Crippen molar-refractivity contribution >= 4 is 22.0 Å². The molecule has 2 unspecified atom stereocenters. The van der Waals surface area contributed by atoms with Crippen molar-refractivity contribution in [2.45, 2.75) is 48.8 Å². The van der Waals surface area contributed by atoms with Crippen LogP contribution in [-0.4, -0.2) is 77.7 Å². The Bertz CT molecular complexity index is 903. The summed E-state index contributed by atoms with van der Waals surface area (Å²) in [6.07, 6.45) is -2.03. The summed E-state index contributed by atoms with van der Waals surface area (Å²) >= 11 is 0. The summed E-state index contributed by atoms with van der Waals surface area (Å²) in [5.74, 6) is -4.57. The van der Waals surface area contributed by atoms with Gasteiger partial charge in [0.05, 0.1) is 4.90 Å². The highest BCUT2D eigenvalue weighted by molar-refractivity contribution is 7.89. The van der Waals surface area contributed by atoms with Crippen molar-refractivity contribution in [3.63, 3.8) is 0 Å². The van der Waals surface area contributed by atoms with Crippen molar-refractivity contribution in [2.24, 2.45) is 0 Å². The average Bonchev–Trinajstić information content (AvgIpc) is 3.22. The molecule has 31 heavy (non-hydrogen) atoms. The number of nitrogens with zero attached hydrogens (tertiary/aromatic N) is 2. The summed E-state index contributed by atoms with van der Waals surface area (Å²) < 4.78 is 71.7. The predicted molar refractivity (Wildman–Crippen MR) is 99.2 cm³/mol. The van der Waals surface area contributed by atoms with Crippen LogP contribution in [0.1, 0.15) is 25.7 Å². The molecule has 2 saturated heterocycles. The molecule has 13 heteroatoms. The lowest BCUT2D eigenvalue weighted by Gasteiger charge is -2.39. The quantitative estimate of drug-likeness (QED) is 0.648. The third kappa shape index (κ3) is 6.37. The molecule has 2 aliphatic heterocycles. The van der Waals surface area contributed by atoms with Crippen molar-refractivity contribution in [3.8, 4) is 0 Å². The molecule has 1 aromatic carbocycles. The number of hydrogen-bond donors (Lipinski definition) is 2. The lowest BCUT2D eigenvalue weighted by Crippen LogP contribution is -2.54. The molecule has 0 saturated carbocycles. The Morgan fingerprint density at radius 3 is 2.13 bits per heavy atom. The lowest BCUT2D eigenvalue weighted by atomic mass is 9.98. The molecule has 0 amide bonds. The van der Waals surface area contributed by atoms with Gasteiger partial charge < -0.3 is 15.1 Å². The van der Waals surface area contributed by atoms with Crippen LogP contribution in [0.5, 0.6) is 0 Å². The maximum Gasteiger partial charge on any atom is 0.490 e. The lowest BCUT2D eigenvalue weighted by molar-refractivity contribution is -0.192. The fourth-order valence-corrected chi connectivity index (χ4v) is 5.28. The molecule has 0 radical (unpaired) electrons. The molecule has 2 atom stereocenters. The minimum atomic E-state index is -5.08. The number of benzene rings is 1. The third-order valence-corrected chi connectivity index (χ3v) is 7.02. The molecule has 0 aromatic heterocycles. The van der Waals surface area contributed by atoms with Gasteiger partial charge >= 0.3 is 18.1 Å². The number of alkyl halides is 3. The van der Waals surface area contributed by atoms with E-state index < -0.39 is 40.0 Å². The first-order valence-electron chi connectivity index (χ1n) is 9.38. The summed E-state index contributed by atoms with van der Waals surface area (Å²) in [6.45, 7) is 2.01. The number of aliphatic carboxylic acids is 2. The third-order valence-electron chi connectivity index (χ3n) is 5.11. The van der Waals surface area contributed by atoms with E-state index in [1.165, 1.54) is 12.1 Å². The minimum Gasteiger partial charge on any atom is -0.480 e.